The Morgan fingerprint density at radius 3 is 1.13 bits per heavy atom. The standard InChI is InChI=1S/C4H6O4.C3H4O4/c1-2(3(5)6)4(7)8;4-2(5)1-3(6)7/h2H,1H3,(H,5,6)(H,7,8);1H2,(H,4,5)(H,6,7). The Bertz CT molecular complexity index is 242. The van der Waals surface area contributed by atoms with E-state index in [4.69, 9.17) is 20.4 Å². The van der Waals surface area contributed by atoms with Crippen molar-refractivity contribution in [3.63, 3.8) is 0 Å². The third kappa shape index (κ3) is 11.9. The summed E-state index contributed by atoms with van der Waals surface area (Å²) in [6, 6.07) is 0. The first-order valence-electron chi connectivity index (χ1n) is 3.57. The summed E-state index contributed by atoms with van der Waals surface area (Å²) in [4.78, 5) is 38.4. The van der Waals surface area contributed by atoms with E-state index in [1.54, 1.807) is 0 Å². The molecule has 0 fully saturated rings. The Kier molecular flexibility index (Phi) is 7.47. The molecule has 0 aromatic rings. The molecular weight excluding hydrogens is 212 g/mol. The van der Waals surface area contributed by atoms with Crippen LogP contribution < -0.4 is 0 Å². The van der Waals surface area contributed by atoms with Crippen molar-refractivity contribution in [2.24, 2.45) is 5.92 Å². The van der Waals surface area contributed by atoms with E-state index in [0.717, 1.165) is 6.92 Å². The molecule has 4 N–H and O–H groups in total. The molecule has 0 aliphatic carbocycles. The van der Waals surface area contributed by atoms with Crippen LogP contribution in [0.1, 0.15) is 13.3 Å². The molecular formula is C7H10O8. The first-order chi connectivity index (χ1) is 6.68. The van der Waals surface area contributed by atoms with Gasteiger partial charge in [-0.3, -0.25) is 19.2 Å². The van der Waals surface area contributed by atoms with Crippen molar-refractivity contribution in [2.75, 3.05) is 0 Å². The molecule has 0 aliphatic rings. The summed E-state index contributed by atoms with van der Waals surface area (Å²) < 4.78 is 0. The van der Waals surface area contributed by atoms with Gasteiger partial charge in [0, 0.05) is 0 Å². The maximum atomic E-state index is 9.76. The molecule has 86 valence electrons. The SMILES string of the molecule is CC(C(=O)O)C(=O)O.O=C(O)CC(=O)O. The highest BCUT2D eigenvalue weighted by Crippen LogP contribution is 1.91. The summed E-state index contributed by atoms with van der Waals surface area (Å²) in [6.07, 6.45) is -0.806. The number of hydrogen-bond donors (Lipinski definition) is 4. The van der Waals surface area contributed by atoms with Crippen LogP contribution in [-0.2, 0) is 19.2 Å². The molecule has 0 amide bonds. The third-order valence-corrected chi connectivity index (χ3v) is 1.04. The largest absolute Gasteiger partial charge is 0.481 e. The van der Waals surface area contributed by atoms with Gasteiger partial charge in [-0.1, -0.05) is 0 Å². The number of hydrogen-bond acceptors (Lipinski definition) is 4. The van der Waals surface area contributed by atoms with Crippen molar-refractivity contribution < 1.29 is 39.6 Å². The van der Waals surface area contributed by atoms with Crippen molar-refractivity contribution in [3.8, 4) is 0 Å². The maximum Gasteiger partial charge on any atom is 0.317 e. The summed E-state index contributed by atoms with van der Waals surface area (Å²) in [6.45, 7) is 1.12. The van der Waals surface area contributed by atoms with Gasteiger partial charge in [-0.05, 0) is 6.92 Å². The first kappa shape index (κ1) is 15.4. The van der Waals surface area contributed by atoms with Gasteiger partial charge in [-0.15, -0.1) is 0 Å². The Morgan fingerprint density at radius 2 is 1.13 bits per heavy atom. The summed E-state index contributed by atoms with van der Waals surface area (Å²) >= 11 is 0. The highest BCUT2D eigenvalue weighted by molar-refractivity contribution is 5.92. The van der Waals surface area contributed by atoms with Gasteiger partial charge < -0.3 is 20.4 Å². The van der Waals surface area contributed by atoms with Gasteiger partial charge in [-0.2, -0.15) is 0 Å². The molecule has 0 radical (unpaired) electrons. The zero-order valence-corrected chi connectivity index (χ0v) is 7.71. The second kappa shape index (κ2) is 7.30. The zero-order valence-electron chi connectivity index (χ0n) is 7.71. The van der Waals surface area contributed by atoms with Crippen LogP contribution in [0.25, 0.3) is 0 Å². The number of aliphatic carboxylic acids is 4. The quantitative estimate of drug-likeness (QED) is 0.457. The fraction of sp³-hybridized carbons (Fsp3) is 0.429. The normalized spacial score (nSPS) is 8.67. The lowest BCUT2D eigenvalue weighted by Gasteiger charge is -1.94. The number of carboxylic acids is 4. The first-order valence-corrected chi connectivity index (χ1v) is 3.57. The fourth-order valence-electron chi connectivity index (χ4n) is 0.235. The Balaban J connectivity index is 0. The number of carbonyl (C=O) groups is 4. The maximum absolute atomic E-state index is 9.76. The van der Waals surface area contributed by atoms with E-state index in [9.17, 15) is 19.2 Å². The van der Waals surface area contributed by atoms with Crippen LogP contribution in [0.15, 0.2) is 0 Å². The highest BCUT2D eigenvalue weighted by Gasteiger charge is 2.18. The monoisotopic (exact) mass is 222 g/mol. The van der Waals surface area contributed by atoms with Gasteiger partial charge in [0.2, 0.25) is 0 Å². The fourth-order valence-corrected chi connectivity index (χ4v) is 0.235. The van der Waals surface area contributed by atoms with E-state index in [1.807, 2.05) is 0 Å². The molecule has 8 nitrogen and oxygen atoms in total. The minimum atomic E-state index is -1.31. The van der Waals surface area contributed by atoms with Crippen LogP contribution in [-0.4, -0.2) is 44.3 Å². The minimum Gasteiger partial charge on any atom is -0.481 e. The number of rotatable bonds is 4. The topological polar surface area (TPSA) is 149 Å². The van der Waals surface area contributed by atoms with Gasteiger partial charge in [0.05, 0.1) is 0 Å². The highest BCUT2D eigenvalue weighted by atomic mass is 16.4. The van der Waals surface area contributed by atoms with Crippen LogP contribution in [0.4, 0.5) is 0 Å². The van der Waals surface area contributed by atoms with Crippen LogP contribution >= 0.6 is 0 Å². The predicted molar refractivity (Wildman–Crippen MR) is 44.3 cm³/mol. The van der Waals surface area contributed by atoms with Gasteiger partial charge in [-0.25, -0.2) is 0 Å². The Morgan fingerprint density at radius 1 is 0.867 bits per heavy atom. The molecule has 0 unspecified atom stereocenters. The molecule has 0 heterocycles. The van der Waals surface area contributed by atoms with E-state index in [0.29, 0.717) is 0 Å². The van der Waals surface area contributed by atoms with Crippen LogP contribution in [0.2, 0.25) is 0 Å². The van der Waals surface area contributed by atoms with Crippen LogP contribution in [0, 0.1) is 5.92 Å². The second-order valence-corrected chi connectivity index (χ2v) is 2.36. The molecule has 0 spiro atoms. The molecule has 0 aromatic carbocycles. The smallest absolute Gasteiger partial charge is 0.317 e. The lowest BCUT2D eigenvalue weighted by atomic mass is 10.2. The van der Waals surface area contributed by atoms with E-state index in [1.165, 1.54) is 0 Å². The van der Waals surface area contributed by atoms with Crippen molar-refractivity contribution in [2.45, 2.75) is 13.3 Å². The third-order valence-electron chi connectivity index (χ3n) is 1.04. The molecule has 8 heteroatoms. The van der Waals surface area contributed by atoms with Gasteiger partial charge in [0.15, 0.2) is 5.92 Å². The summed E-state index contributed by atoms with van der Waals surface area (Å²) in [5, 5.41) is 31.3. The van der Waals surface area contributed by atoms with E-state index < -0.39 is 36.2 Å². The average molecular weight is 222 g/mol. The van der Waals surface area contributed by atoms with Crippen molar-refractivity contribution in [1.29, 1.82) is 0 Å². The molecule has 0 rings (SSSR count). The second-order valence-electron chi connectivity index (χ2n) is 2.36. The van der Waals surface area contributed by atoms with Crippen LogP contribution in [0.3, 0.4) is 0 Å². The van der Waals surface area contributed by atoms with Gasteiger partial charge >= 0.3 is 23.9 Å². The van der Waals surface area contributed by atoms with Crippen molar-refractivity contribution in [1.82, 2.24) is 0 Å². The molecule has 0 saturated heterocycles. The lowest BCUT2D eigenvalue weighted by Crippen LogP contribution is -2.19. The van der Waals surface area contributed by atoms with Crippen LogP contribution in [0.5, 0.6) is 0 Å². The number of carboxylic acid groups (broad SMARTS) is 4. The van der Waals surface area contributed by atoms with Gasteiger partial charge in [0.25, 0.3) is 0 Å². The molecule has 0 atom stereocenters. The summed E-state index contributed by atoms with van der Waals surface area (Å²) in [5.41, 5.74) is 0. The Labute approximate surface area is 83.8 Å². The van der Waals surface area contributed by atoms with E-state index in [-0.39, 0.29) is 0 Å². The predicted octanol–water partition coefficient (Wildman–Crippen LogP) is -0.663. The van der Waals surface area contributed by atoms with Crippen molar-refractivity contribution in [3.05, 3.63) is 0 Å². The lowest BCUT2D eigenvalue weighted by molar-refractivity contribution is -0.154. The minimum absolute atomic E-state index is 0.806. The summed E-state index contributed by atoms with van der Waals surface area (Å²) in [5.74, 6) is -6.54. The molecule has 0 aliphatic heterocycles. The Hall–Kier alpha value is -2.12. The van der Waals surface area contributed by atoms with Crippen molar-refractivity contribution >= 4 is 23.9 Å². The molecule has 0 saturated carbocycles. The zero-order chi connectivity index (χ0) is 12.6. The van der Waals surface area contributed by atoms with Gasteiger partial charge in [0.1, 0.15) is 6.42 Å². The molecule has 0 bridgehead atoms. The average Bonchev–Trinajstić information content (AvgIpc) is 2.00. The van der Waals surface area contributed by atoms with E-state index >= 15 is 0 Å². The van der Waals surface area contributed by atoms with E-state index in [2.05, 4.69) is 0 Å². The molecule has 15 heavy (non-hydrogen) atoms. The summed E-state index contributed by atoms with van der Waals surface area (Å²) in [7, 11) is 0. The molecule has 0 aromatic heterocycles.